The standard InChI is InChI=1S/C17H20N2O2S/c1-12-11-22-15(19-12)7-10-18-16(20)17(8-9-17)13-5-3-4-6-14(13)21-2/h3-6,11H,7-10H2,1-2H3,(H,18,20). The van der Waals surface area contributed by atoms with Crippen molar-refractivity contribution in [3.8, 4) is 5.75 Å². The minimum Gasteiger partial charge on any atom is -0.496 e. The Morgan fingerprint density at radius 1 is 1.41 bits per heavy atom. The topological polar surface area (TPSA) is 51.2 Å². The van der Waals surface area contributed by atoms with Crippen LogP contribution in [0.3, 0.4) is 0 Å². The van der Waals surface area contributed by atoms with Crippen LogP contribution in [0.1, 0.15) is 29.1 Å². The number of hydrogen-bond acceptors (Lipinski definition) is 4. The first-order valence-corrected chi connectivity index (χ1v) is 8.36. The molecule has 5 heteroatoms. The van der Waals surface area contributed by atoms with Gasteiger partial charge in [-0.2, -0.15) is 0 Å². The van der Waals surface area contributed by atoms with Gasteiger partial charge in [-0.05, 0) is 25.8 Å². The summed E-state index contributed by atoms with van der Waals surface area (Å²) >= 11 is 1.64. The van der Waals surface area contributed by atoms with Crippen LogP contribution < -0.4 is 10.1 Å². The van der Waals surface area contributed by atoms with Gasteiger partial charge >= 0.3 is 0 Å². The molecule has 116 valence electrons. The van der Waals surface area contributed by atoms with Crippen molar-refractivity contribution in [1.29, 1.82) is 0 Å². The fourth-order valence-electron chi connectivity index (χ4n) is 2.75. The lowest BCUT2D eigenvalue weighted by Crippen LogP contribution is -2.36. The second kappa shape index (κ2) is 6.08. The molecule has 1 aromatic heterocycles. The van der Waals surface area contributed by atoms with E-state index >= 15 is 0 Å². The summed E-state index contributed by atoms with van der Waals surface area (Å²) < 4.78 is 5.41. The number of nitrogens with one attached hydrogen (secondary N) is 1. The molecule has 0 atom stereocenters. The van der Waals surface area contributed by atoms with Crippen molar-refractivity contribution in [2.45, 2.75) is 31.6 Å². The van der Waals surface area contributed by atoms with Gasteiger partial charge in [-0.1, -0.05) is 18.2 Å². The number of thiazole rings is 1. The van der Waals surface area contributed by atoms with Crippen molar-refractivity contribution in [2.24, 2.45) is 0 Å². The molecule has 2 aromatic rings. The average Bonchev–Trinajstić information content (AvgIpc) is 3.25. The molecule has 22 heavy (non-hydrogen) atoms. The summed E-state index contributed by atoms with van der Waals surface area (Å²) in [6, 6.07) is 7.81. The number of para-hydroxylation sites is 1. The van der Waals surface area contributed by atoms with Crippen molar-refractivity contribution < 1.29 is 9.53 Å². The molecular weight excluding hydrogens is 296 g/mol. The maximum Gasteiger partial charge on any atom is 0.230 e. The van der Waals surface area contributed by atoms with Crippen LogP contribution >= 0.6 is 11.3 Å². The molecule has 0 unspecified atom stereocenters. The number of amides is 1. The zero-order chi connectivity index (χ0) is 15.6. The highest BCUT2D eigenvalue weighted by Crippen LogP contribution is 2.51. The van der Waals surface area contributed by atoms with Gasteiger partial charge in [0, 0.05) is 29.6 Å². The second-order valence-corrected chi connectivity index (χ2v) is 6.61. The molecule has 1 aromatic carbocycles. The van der Waals surface area contributed by atoms with Crippen LogP contribution in [0.4, 0.5) is 0 Å². The molecule has 0 saturated heterocycles. The number of carbonyl (C=O) groups is 1. The molecule has 3 rings (SSSR count). The number of methoxy groups -OCH3 is 1. The summed E-state index contributed by atoms with van der Waals surface area (Å²) in [5, 5.41) is 6.17. The first kappa shape index (κ1) is 15.0. The number of benzene rings is 1. The third-order valence-corrected chi connectivity index (χ3v) is 5.12. The highest BCUT2D eigenvalue weighted by Gasteiger charge is 2.52. The third kappa shape index (κ3) is 2.86. The molecule has 1 aliphatic rings. The van der Waals surface area contributed by atoms with E-state index in [2.05, 4.69) is 10.3 Å². The van der Waals surface area contributed by atoms with Gasteiger partial charge < -0.3 is 10.1 Å². The van der Waals surface area contributed by atoms with Gasteiger partial charge in [0.25, 0.3) is 0 Å². The van der Waals surface area contributed by atoms with Crippen LogP contribution in [0.5, 0.6) is 5.75 Å². The average molecular weight is 316 g/mol. The van der Waals surface area contributed by atoms with Crippen LogP contribution in [-0.4, -0.2) is 24.5 Å². The summed E-state index contributed by atoms with van der Waals surface area (Å²) in [7, 11) is 1.65. The Bertz CT molecular complexity index is 677. The molecule has 1 saturated carbocycles. The van der Waals surface area contributed by atoms with Crippen LogP contribution in [0, 0.1) is 6.92 Å². The summed E-state index contributed by atoms with van der Waals surface area (Å²) in [5.74, 6) is 0.899. The number of aryl methyl sites for hydroxylation is 1. The molecule has 1 aliphatic carbocycles. The molecular formula is C17H20N2O2S. The highest BCUT2D eigenvalue weighted by atomic mass is 32.1. The number of aromatic nitrogens is 1. The molecule has 1 amide bonds. The minimum absolute atomic E-state index is 0.102. The van der Waals surface area contributed by atoms with Crippen molar-refractivity contribution in [3.63, 3.8) is 0 Å². The minimum atomic E-state index is -0.397. The number of ether oxygens (including phenoxy) is 1. The van der Waals surface area contributed by atoms with Gasteiger partial charge in [0.05, 0.1) is 17.5 Å². The van der Waals surface area contributed by atoms with Gasteiger partial charge in [0.1, 0.15) is 5.75 Å². The third-order valence-electron chi connectivity index (χ3n) is 4.10. The Hall–Kier alpha value is -1.88. The van der Waals surface area contributed by atoms with E-state index in [-0.39, 0.29) is 5.91 Å². The SMILES string of the molecule is COc1ccccc1C1(C(=O)NCCc2nc(C)cs2)CC1. The molecule has 1 fully saturated rings. The van der Waals surface area contributed by atoms with Crippen molar-refractivity contribution >= 4 is 17.2 Å². The van der Waals surface area contributed by atoms with Crippen LogP contribution in [0.25, 0.3) is 0 Å². The fourth-order valence-corrected chi connectivity index (χ4v) is 3.53. The lowest BCUT2D eigenvalue weighted by molar-refractivity contribution is -0.123. The van der Waals surface area contributed by atoms with E-state index in [1.165, 1.54) is 0 Å². The molecule has 0 spiro atoms. The van der Waals surface area contributed by atoms with Crippen LogP contribution in [-0.2, 0) is 16.6 Å². The first-order chi connectivity index (χ1) is 10.7. The number of hydrogen-bond donors (Lipinski definition) is 1. The lowest BCUT2D eigenvalue weighted by atomic mass is 9.94. The van der Waals surface area contributed by atoms with E-state index < -0.39 is 5.41 Å². The van der Waals surface area contributed by atoms with E-state index in [4.69, 9.17) is 4.74 Å². The number of rotatable bonds is 6. The molecule has 0 bridgehead atoms. The zero-order valence-corrected chi connectivity index (χ0v) is 13.7. The largest absolute Gasteiger partial charge is 0.496 e. The molecule has 1 N–H and O–H groups in total. The predicted octanol–water partition coefficient (Wildman–Crippen LogP) is 2.85. The fraction of sp³-hybridized carbons (Fsp3) is 0.412. The van der Waals surface area contributed by atoms with Crippen LogP contribution in [0.2, 0.25) is 0 Å². The van der Waals surface area contributed by atoms with E-state index in [9.17, 15) is 4.79 Å². The Kier molecular flexibility index (Phi) is 4.16. The predicted molar refractivity (Wildman–Crippen MR) is 87.5 cm³/mol. The molecule has 1 heterocycles. The smallest absolute Gasteiger partial charge is 0.230 e. The van der Waals surface area contributed by atoms with Gasteiger partial charge in [-0.3, -0.25) is 4.79 Å². The first-order valence-electron chi connectivity index (χ1n) is 7.48. The molecule has 4 nitrogen and oxygen atoms in total. The molecule has 0 radical (unpaired) electrons. The Morgan fingerprint density at radius 2 is 2.18 bits per heavy atom. The summed E-state index contributed by atoms with van der Waals surface area (Å²) in [5.41, 5.74) is 1.64. The van der Waals surface area contributed by atoms with E-state index in [0.717, 1.165) is 41.3 Å². The maximum atomic E-state index is 12.6. The van der Waals surface area contributed by atoms with E-state index in [0.29, 0.717) is 6.54 Å². The second-order valence-electron chi connectivity index (χ2n) is 5.67. The summed E-state index contributed by atoms with van der Waals surface area (Å²) in [6.45, 7) is 2.61. The highest BCUT2D eigenvalue weighted by molar-refractivity contribution is 7.09. The Morgan fingerprint density at radius 3 is 2.82 bits per heavy atom. The lowest BCUT2D eigenvalue weighted by Gasteiger charge is -2.18. The summed E-state index contributed by atoms with van der Waals surface area (Å²) in [6.07, 6.45) is 2.55. The quantitative estimate of drug-likeness (QED) is 0.891. The number of nitrogens with zero attached hydrogens (tertiary/aromatic N) is 1. The molecule has 0 aliphatic heterocycles. The summed E-state index contributed by atoms with van der Waals surface area (Å²) in [4.78, 5) is 17.0. The van der Waals surface area contributed by atoms with Gasteiger partial charge in [0.15, 0.2) is 0 Å². The zero-order valence-electron chi connectivity index (χ0n) is 12.9. The van der Waals surface area contributed by atoms with Crippen molar-refractivity contribution in [3.05, 3.63) is 45.9 Å². The number of carbonyl (C=O) groups excluding carboxylic acids is 1. The van der Waals surface area contributed by atoms with E-state index in [1.807, 2.05) is 36.6 Å². The van der Waals surface area contributed by atoms with Crippen LogP contribution in [0.15, 0.2) is 29.6 Å². The van der Waals surface area contributed by atoms with E-state index in [1.54, 1.807) is 18.4 Å². The maximum absolute atomic E-state index is 12.6. The monoisotopic (exact) mass is 316 g/mol. The van der Waals surface area contributed by atoms with Gasteiger partial charge in [-0.15, -0.1) is 11.3 Å². The van der Waals surface area contributed by atoms with Crippen molar-refractivity contribution in [1.82, 2.24) is 10.3 Å². The van der Waals surface area contributed by atoms with Crippen molar-refractivity contribution in [2.75, 3.05) is 13.7 Å². The van der Waals surface area contributed by atoms with Gasteiger partial charge in [0.2, 0.25) is 5.91 Å². The Balaban J connectivity index is 1.64. The normalized spacial score (nSPS) is 15.4. The van der Waals surface area contributed by atoms with Gasteiger partial charge in [-0.25, -0.2) is 4.98 Å². The Labute approximate surface area is 134 Å².